The Balaban J connectivity index is 2.25. The molecule has 0 spiro atoms. The van der Waals surface area contributed by atoms with Crippen LogP contribution in [0.5, 0.6) is 5.75 Å². The molecule has 5 nitrogen and oxygen atoms in total. The van der Waals surface area contributed by atoms with Crippen LogP contribution in [0.4, 0.5) is 0 Å². The van der Waals surface area contributed by atoms with E-state index in [0.717, 1.165) is 0 Å². The van der Waals surface area contributed by atoms with E-state index < -0.39 is 10.0 Å². The zero-order valence-corrected chi connectivity index (χ0v) is 12.5. The minimum absolute atomic E-state index is 0.0292. The van der Waals surface area contributed by atoms with E-state index in [9.17, 15) is 8.42 Å². The molecule has 1 fully saturated rings. The number of methoxy groups -OCH3 is 1. The number of hydrogen-bond donors (Lipinski definition) is 0. The first-order chi connectivity index (χ1) is 9.48. The van der Waals surface area contributed by atoms with E-state index in [1.165, 1.54) is 4.31 Å². The van der Waals surface area contributed by atoms with Gasteiger partial charge in [-0.15, -0.1) is 0 Å². The van der Waals surface area contributed by atoms with Gasteiger partial charge in [-0.25, -0.2) is 8.42 Å². The Morgan fingerprint density at radius 2 is 2.00 bits per heavy atom. The summed E-state index contributed by atoms with van der Waals surface area (Å²) in [5.74, 6) is 0.614. The molecule has 1 aliphatic rings. The number of nitrogens with zero attached hydrogens (tertiary/aromatic N) is 2. The number of aryl methyl sites for hydroxylation is 1. The molecule has 1 aromatic carbocycles. The molecule has 20 heavy (non-hydrogen) atoms. The predicted molar refractivity (Wildman–Crippen MR) is 74.8 cm³/mol. The first-order valence-electron chi connectivity index (χ1n) is 6.53. The first-order valence-corrected chi connectivity index (χ1v) is 7.97. The van der Waals surface area contributed by atoms with Crippen LogP contribution in [0.25, 0.3) is 0 Å². The van der Waals surface area contributed by atoms with Gasteiger partial charge in [0.1, 0.15) is 5.75 Å². The highest BCUT2D eigenvalue weighted by Gasteiger charge is 2.30. The second kappa shape index (κ2) is 5.81. The molecule has 6 heteroatoms. The molecule has 0 unspecified atom stereocenters. The molecule has 1 saturated heterocycles. The van der Waals surface area contributed by atoms with Gasteiger partial charge in [-0.1, -0.05) is 0 Å². The Kier molecular flexibility index (Phi) is 4.31. The topological polar surface area (TPSA) is 70.4 Å². The Morgan fingerprint density at radius 3 is 2.50 bits per heavy atom. The van der Waals surface area contributed by atoms with E-state index in [0.29, 0.717) is 42.1 Å². The molecule has 0 aliphatic carbocycles. The molecule has 108 valence electrons. The fourth-order valence-electron chi connectivity index (χ4n) is 2.40. The standard InChI is InChI=1S/C14H18N2O3S/c1-11-9-13(19-2)3-4-14(11)20(17,18)16-7-5-12(10-15)6-8-16/h3-4,9,12H,5-8H2,1-2H3. The van der Waals surface area contributed by atoms with Gasteiger partial charge in [0.05, 0.1) is 18.1 Å². The molecule has 0 atom stereocenters. The van der Waals surface area contributed by atoms with E-state index in [1.54, 1.807) is 32.2 Å². The largest absolute Gasteiger partial charge is 0.497 e. The summed E-state index contributed by atoms with van der Waals surface area (Å²) in [5, 5.41) is 8.87. The molecule has 0 radical (unpaired) electrons. The summed E-state index contributed by atoms with van der Waals surface area (Å²) < 4.78 is 31.8. The quantitative estimate of drug-likeness (QED) is 0.854. The highest BCUT2D eigenvalue weighted by molar-refractivity contribution is 7.89. The third-order valence-corrected chi connectivity index (χ3v) is 5.70. The summed E-state index contributed by atoms with van der Waals surface area (Å²) >= 11 is 0. The average molecular weight is 294 g/mol. The van der Waals surface area contributed by atoms with Gasteiger partial charge in [-0.3, -0.25) is 0 Å². The van der Waals surface area contributed by atoms with Crippen molar-refractivity contribution in [1.82, 2.24) is 4.31 Å². The summed E-state index contributed by atoms with van der Waals surface area (Å²) in [6.45, 7) is 2.58. The van der Waals surface area contributed by atoms with Crippen molar-refractivity contribution in [3.8, 4) is 11.8 Å². The van der Waals surface area contributed by atoms with Gasteiger partial charge < -0.3 is 4.74 Å². The van der Waals surface area contributed by atoms with Gasteiger partial charge in [-0.2, -0.15) is 9.57 Å². The van der Waals surface area contributed by atoms with Crippen LogP contribution in [-0.4, -0.2) is 32.9 Å². The van der Waals surface area contributed by atoms with Gasteiger partial charge >= 0.3 is 0 Å². The van der Waals surface area contributed by atoms with Gasteiger partial charge in [0.15, 0.2) is 0 Å². The summed E-state index contributed by atoms with van der Waals surface area (Å²) in [5.41, 5.74) is 0.673. The van der Waals surface area contributed by atoms with Crippen LogP contribution in [-0.2, 0) is 10.0 Å². The number of ether oxygens (including phenoxy) is 1. The fraction of sp³-hybridized carbons (Fsp3) is 0.500. The SMILES string of the molecule is COc1ccc(S(=O)(=O)N2CCC(C#N)CC2)c(C)c1. The molecular weight excluding hydrogens is 276 g/mol. The molecule has 0 aromatic heterocycles. The van der Waals surface area contributed by atoms with Crippen LogP contribution in [0.3, 0.4) is 0 Å². The van der Waals surface area contributed by atoms with Crippen molar-refractivity contribution >= 4 is 10.0 Å². The van der Waals surface area contributed by atoms with Crippen molar-refractivity contribution in [2.45, 2.75) is 24.7 Å². The highest BCUT2D eigenvalue weighted by atomic mass is 32.2. The molecule has 0 saturated carbocycles. The molecule has 1 aliphatic heterocycles. The fourth-order valence-corrected chi connectivity index (χ4v) is 4.08. The number of piperidine rings is 1. The monoisotopic (exact) mass is 294 g/mol. The lowest BCUT2D eigenvalue weighted by molar-refractivity contribution is 0.309. The lowest BCUT2D eigenvalue weighted by Crippen LogP contribution is -2.38. The number of nitriles is 1. The summed E-state index contributed by atoms with van der Waals surface area (Å²) in [6.07, 6.45) is 1.20. The zero-order chi connectivity index (χ0) is 14.8. The van der Waals surface area contributed by atoms with Crippen LogP contribution < -0.4 is 4.74 Å². The maximum absolute atomic E-state index is 12.6. The van der Waals surface area contributed by atoms with Crippen LogP contribution in [0.1, 0.15) is 18.4 Å². The highest BCUT2D eigenvalue weighted by Crippen LogP contribution is 2.27. The molecule has 2 rings (SSSR count). The second-order valence-corrected chi connectivity index (χ2v) is 6.85. The number of sulfonamides is 1. The summed E-state index contributed by atoms with van der Waals surface area (Å²) in [4.78, 5) is 0.314. The molecule has 1 aromatic rings. The molecule has 0 bridgehead atoms. The van der Waals surface area contributed by atoms with Crippen LogP contribution in [0.15, 0.2) is 23.1 Å². The number of benzene rings is 1. The van der Waals surface area contributed by atoms with E-state index in [-0.39, 0.29) is 5.92 Å². The van der Waals surface area contributed by atoms with Gasteiger partial charge in [-0.05, 0) is 43.5 Å². The lowest BCUT2D eigenvalue weighted by atomic mass is 10.0. The normalized spacial score (nSPS) is 17.6. The van der Waals surface area contributed by atoms with Crippen molar-refractivity contribution in [2.24, 2.45) is 5.92 Å². The van der Waals surface area contributed by atoms with E-state index in [2.05, 4.69) is 6.07 Å². The Labute approximate surface area is 119 Å². The third-order valence-electron chi connectivity index (χ3n) is 3.64. The molecule has 1 heterocycles. The first kappa shape index (κ1) is 14.8. The Bertz CT molecular complexity index is 626. The smallest absolute Gasteiger partial charge is 0.243 e. The molecular formula is C14H18N2O3S. The lowest BCUT2D eigenvalue weighted by Gasteiger charge is -2.28. The average Bonchev–Trinajstić information content (AvgIpc) is 2.46. The number of hydrogen-bond acceptors (Lipinski definition) is 4. The predicted octanol–water partition coefficient (Wildman–Crippen LogP) is 1.93. The molecule has 0 N–H and O–H groups in total. The minimum atomic E-state index is -3.48. The van der Waals surface area contributed by atoms with Crippen molar-refractivity contribution in [1.29, 1.82) is 5.26 Å². The second-order valence-electron chi connectivity index (χ2n) is 4.94. The minimum Gasteiger partial charge on any atom is -0.497 e. The van der Waals surface area contributed by atoms with Gasteiger partial charge in [0, 0.05) is 19.0 Å². The van der Waals surface area contributed by atoms with Gasteiger partial charge in [0.2, 0.25) is 10.0 Å². The van der Waals surface area contributed by atoms with Gasteiger partial charge in [0.25, 0.3) is 0 Å². The Morgan fingerprint density at radius 1 is 1.35 bits per heavy atom. The summed E-state index contributed by atoms with van der Waals surface area (Å²) in [7, 11) is -1.93. The zero-order valence-electron chi connectivity index (χ0n) is 11.7. The molecule has 0 amide bonds. The maximum atomic E-state index is 12.6. The summed E-state index contributed by atoms with van der Waals surface area (Å²) in [6, 6.07) is 7.16. The van der Waals surface area contributed by atoms with E-state index in [4.69, 9.17) is 10.00 Å². The van der Waals surface area contributed by atoms with Crippen LogP contribution >= 0.6 is 0 Å². The van der Waals surface area contributed by atoms with Crippen molar-refractivity contribution < 1.29 is 13.2 Å². The van der Waals surface area contributed by atoms with Crippen molar-refractivity contribution in [3.05, 3.63) is 23.8 Å². The maximum Gasteiger partial charge on any atom is 0.243 e. The van der Waals surface area contributed by atoms with Crippen LogP contribution in [0, 0.1) is 24.2 Å². The van der Waals surface area contributed by atoms with Crippen molar-refractivity contribution in [2.75, 3.05) is 20.2 Å². The third kappa shape index (κ3) is 2.79. The Hall–Kier alpha value is -1.58. The van der Waals surface area contributed by atoms with E-state index in [1.807, 2.05) is 0 Å². The number of rotatable bonds is 3. The van der Waals surface area contributed by atoms with Crippen LogP contribution in [0.2, 0.25) is 0 Å². The van der Waals surface area contributed by atoms with E-state index >= 15 is 0 Å². The van der Waals surface area contributed by atoms with Crippen molar-refractivity contribution in [3.63, 3.8) is 0 Å².